The Hall–Kier alpha value is -2.77. The molecule has 1 unspecified atom stereocenters. The van der Waals surface area contributed by atoms with E-state index in [1.165, 1.54) is 25.3 Å². The smallest absolute Gasteiger partial charge is 0.257 e. The lowest BCUT2D eigenvalue weighted by molar-refractivity contribution is 0.0491. The molecule has 0 radical (unpaired) electrons. The molecule has 2 aromatic heterocycles. The van der Waals surface area contributed by atoms with Crippen molar-refractivity contribution < 1.29 is 27.1 Å². The van der Waals surface area contributed by atoms with Crippen LogP contribution < -0.4 is 9.47 Å². The fourth-order valence-corrected chi connectivity index (χ4v) is 2.86. The van der Waals surface area contributed by atoms with Gasteiger partial charge in [-0.2, -0.15) is 0 Å². The van der Waals surface area contributed by atoms with Crippen LogP contribution in [0.1, 0.15) is 27.2 Å². The van der Waals surface area contributed by atoms with Crippen molar-refractivity contribution in [2.75, 3.05) is 13.2 Å². The SMILES string of the molecule is CC(C)COc1cc2oc(-c3ccc(OCC4(C)CC4(F)F)c(F)c3)nc2cn1. The quantitative estimate of drug-likeness (QED) is 0.519. The van der Waals surface area contributed by atoms with Crippen LogP contribution in [-0.4, -0.2) is 29.1 Å². The average Bonchev–Trinajstić information content (AvgIpc) is 2.99. The summed E-state index contributed by atoms with van der Waals surface area (Å²) in [6.45, 7) is 5.76. The van der Waals surface area contributed by atoms with Crippen LogP contribution in [0.5, 0.6) is 11.6 Å². The second kappa shape index (κ2) is 6.93. The maximum atomic E-state index is 14.4. The minimum atomic E-state index is -2.76. The largest absolute Gasteiger partial charge is 0.490 e. The Balaban J connectivity index is 1.50. The molecule has 0 aliphatic heterocycles. The first-order chi connectivity index (χ1) is 13.7. The second-order valence-corrected chi connectivity index (χ2v) is 8.09. The number of fused-ring (bicyclic) bond motifs is 1. The van der Waals surface area contributed by atoms with Gasteiger partial charge in [0.2, 0.25) is 11.8 Å². The van der Waals surface area contributed by atoms with Gasteiger partial charge in [-0.05, 0) is 24.1 Å². The number of pyridine rings is 1. The summed E-state index contributed by atoms with van der Waals surface area (Å²) >= 11 is 0. The Bertz CT molecular complexity index is 1050. The molecule has 0 saturated heterocycles. The van der Waals surface area contributed by atoms with Crippen LogP contribution >= 0.6 is 0 Å². The monoisotopic (exact) mass is 406 g/mol. The van der Waals surface area contributed by atoms with Crippen molar-refractivity contribution >= 4 is 11.1 Å². The van der Waals surface area contributed by atoms with Crippen LogP contribution in [0, 0.1) is 17.2 Å². The first-order valence-corrected chi connectivity index (χ1v) is 9.37. The van der Waals surface area contributed by atoms with Gasteiger partial charge in [0, 0.05) is 18.1 Å². The topological polar surface area (TPSA) is 57.4 Å². The molecule has 4 rings (SSSR count). The van der Waals surface area contributed by atoms with E-state index >= 15 is 0 Å². The fraction of sp³-hybridized carbons (Fsp3) is 0.429. The van der Waals surface area contributed by atoms with E-state index in [2.05, 4.69) is 9.97 Å². The van der Waals surface area contributed by atoms with Crippen molar-refractivity contribution in [1.82, 2.24) is 9.97 Å². The summed E-state index contributed by atoms with van der Waals surface area (Å²) in [5, 5.41) is 0. The van der Waals surface area contributed by atoms with Gasteiger partial charge in [-0.25, -0.2) is 23.1 Å². The third kappa shape index (κ3) is 3.88. The van der Waals surface area contributed by atoms with Gasteiger partial charge in [-0.15, -0.1) is 0 Å². The summed E-state index contributed by atoms with van der Waals surface area (Å²) in [4.78, 5) is 8.50. The highest BCUT2D eigenvalue weighted by atomic mass is 19.3. The number of alkyl halides is 2. The van der Waals surface area contributed by atoms with Gasteiger partial charge in [-0.1, -0.05) is 20.8 Å². The maximum Gasteiger partial charge on any atom is 0.257 e. The minimum absolute atomic E-state index is 0.0835. The molecular weight excluding hydrogens is 385 g/mol. The Kier molecular flexibility index (Phi) is 4.67. The standard InChI is InChI=1S/C21H21F3N2O3/c1-12(2)9-27-18-7-17-15(8-25-18)26-19(29-17)13-4-5-16(14(22)6-13)28-11-20(3)10-21(20,23)24/h4-8,12H,9-11H2,1-3H3. The number of oxazole rings is 1. The molecule has 1 aliphatic rings. The van der Waals surface area contributed by atoms with Crippen molar-refractivity contribution in [1.29, 1.82) is 0 Å². The minimum Gasteiger partial charge on any atom is -0.490 e. The van der Waals surface area contributed by atoms with E-state index in [0.717, 1.165) is 0 Å². The zero-order valence-electron chi connectivity index (χ0n) is 16.3. The van der Waals surface area contributed by atoms with E-state index in [-0.39, 0.29) is 24.7 Å². The summed E-state index contributed by atoms with van der Waals surface area (Å²) in [5.41, 5.74) is 0.152. The molecule has 0 amide bonds. The molecule has 5 nitrogen and oxygen atoms in total. The molecule has 1 aromatic carbocycles. The summed E-state index contributed by atoms with van der Waals surface area (Å²) in [5.74, 6) is -2.51. The molecular formula is C21H21F3N2O3. The predicted octanol–water partition coefficient (Wildman–Crippen LogP) is 5.49. The van der Waals surface area contributed by atoms with E-state index in [1.54, 1.807) is 12.1 Å². The lowest BCUT2D eigenvalue weighted by Crippen LogP contribution is -2.17. The zero-order chi connectivity index (χ0) is 20.8. The van der Waals surface area contributed by atoms with Crippen molar-refractivity contribution in [2.45, 2.75) is 33.1 Å². The van der Waals surface area contributed by atoms with Gasteiger partial charge in [0.15, 0.2) is 17.1 Å². The molecule has 0 N–H and O–H groups in total. The number of benzene rings is 1. The van der Waals surface area contributed by atoms with Crippen molar-refractivity contribution in [3.05, 3.63) is 36.3 Å². The molecule has 0 bridgehead atoms. The maximum absolute atomic E-state index is 14.4. The summed E-state index contributed by atoms with van der Waals surface area (Å²) in [6.07, 6.45) is 1.28. The molecule has 1 aliphatic carbocycles. The predicted molar refractivity (Wildman–Crippen MR) is 101 cm³/mol. The molecule has 1 fully saturated rings. The lowest BCUT2D eigenvalue weighted by Gasteiger charge is -2.13. The van der Waals surface area contributed by atoms with Crippen LogP contribution in [0.2, 0.25) is 0 Å². The molecule has 29 heavy (non-hydrogen) atoms. The van der Waals surface area contributed by atoms with Crippen LogP contribution in [0.25, 0.3) is 22.6 Å². The van der Waals surface area contributed by atoms with Crippen LogP contribution in [0.3, 0.4) is 0 Å². The molecule has 154 valence electrons. The number of hydrogen-bond acceptors (Lipinski definition) is 5. The van der Waals surface area contributed by atoms with Crippen molar-refractivity contribution in [3.63, 3.8) is 0 Å². The third-order valence-corrected chi connectivity index (χ3v) is 4.91. The highest BCUT2D eigenvalue weighted by Gasteiger charge is 2.68. The number of rotatable bonds is 7. The van der Waals surface area contributed by atoms with E-state index in [1.807, 2.05) is 13.8 Å². The lowest BCUT2D eigenvalue weighted by atomic mass is 10.1. The highest BCUT2D eigenvalue weighted by Crippen LogP contribution is 2.60. The average molecular weight is 406 g/mol. The third-order valence-electron chi connectivity index (χ3n) is 4.91. The molecule has 1 saturated carbocycles. The van der Waals surface area contributed by atoms with E-state index in [0.29, 0.717) is 35.1 Å². The Morgan fingerprint density at radius 3 is 2.62 bits per heavy atom. The highest BCUT2D eigenvalue weighted by molar-refractivity contribution is 5.76. The van der Waals surface area contributed by atoms with Gasteiger partial charge in [0.05, 0.1) is 24.8 Å². The molecule has 1 atom stereocenters. The normalized spacial score (nSPS) is 20.2. The van der Waals surface area contributed by atoms with Gasteiger partial charge in [-0.3, -0.25) is 0 Å². The summed E-state index contributed by atoms with van der Waals surface area (Å²) in [6, 6.07) is 5.80. The van der Waals surface area contributed by atoms with Gasteiger partial charge in [0.25, 0.3) is 5.92 Å². The van der Waals surface area contributed by atoms with Crippen LogP contribution in [0.15, 0.2) is 34.9 Å². The number of aromatic nitrogens is 2. The Morgan fingerprint density at radius 1 is 1.21 bits per heavy atom. The van der Waals surface area contributed by atoms with E-state index in [9.17, 15) is 13.2 Å². The van der Waals surface area contributed by atoms with Gasteiger partial charge in [0.1, 0.15) is 5.52 Å². The number of halogens is 3. The second-order valence-electron chi connectivity index (χ2n) is 8.09. The summed E-state index contributed by atoms with van der Waals surface area (Å²) in [7, 11) is 0. The van der Waals surface area contributed by atoms with Crippen molar-refractivity contribution in [3.8, 4) is 23.1 Å². The zero-order valence-corrected chi connectivity index (χ0v) is 16.3. The first-order valence-electron chi connectivity index (χ1n) is 9.37. The van der Waals surface area contributed by atoms with Crippen molar-refractivity contribution in [2.24, 2.45) is 11.3 Å². The number of nitrogens with zero attached hydrogens (tertiary/aromatic N) is 2. The van der Waals surface area contributed by atoms with Crippen LogP contribution in [-0.2, 0) is 0 Å². The van der Waals surface area contributed by atoms with Gasteiger partial charge < -0.3 is 13.9 Å². The molecule has 0 spiro atoms. The summed E-state index contributed by atoms with van der Waals surface area (Å²) < 4.78 is 57.5. The first kappa shape index (κ1) is 19.5. The Morgan fingerprint density at radius 2 is 1.97 bits per heavy atom. The Labute approximate surface area is 165 Å². The number of hydrogen-bond donors (Lipinski definition) is 0. The molecule has 8 heteroatoms. The number of ether oxygens (including phenoxy) is 2. The molecule has 2 heterocycles. The molecule has 3 aromatic rings. The van der Waals surface area contributed by atoms with Gasteiger partial charge >= 0.3 is 0 Å². The van der Waals surface area contributed by atoms with E-state index in [4.69, 9.17) is 13.9 Å². The van der Waals surface area contributed by atoms with E-state index < -0.39 is 17.2 Å². The van der Waals surface area contributed by atoms with Crippen LogP contribution in [0.4, 0.5) is 13.2 Å². The fourth-order valence-electron chi connectivity index (χ4n) is 2.86.